The first-order valence-electron chi connectivity index (χ1n) is 9.78. The highest BCUT2D eigenvalue weighted by molar-refractivity contribution is 7.99. The first-order chi connectivity index (χ1) is 13.6. The van der Waals surface area contributed by atoms with Gasteiger partial charge in [-0.1, -0.05) is 24.3 Å². The van der Waals surface area contributed by atoms with Crippen molar-refractivity contribution in [2.45, 2.75) is 44.4 Å². The molecule has 0 radical (unpaired) electrons. The molecule has 2 aromatic carbocycles. The molecular weight excluding hydrogens is 366 g/mol. The number of rotatable bonds is 6. The molecule has 0 unspecified atom stereocenters. The van der Waals surface area contributed by atoms with Crippen LogP contribution in [-0.4, -0.2) is 21.4 Å². The number of hydrogen-bond acceptors (Lipinski definition) is 3. The fourth-order valence-electron chi connectivity index (χ4n) is 3.75. The van der Waals surface area contributed by atoms with Gasteiger partial charge >= 0.3 is 0 Å². The Morgan fingerprint density at radius 1 is 1.11 bits per heavy atom. The number of thioether (sulfide) groups is 1. The maximum Gasteiger partial charge on any atom is 0.225 e. The quantitative estimate of drug-likeness (QED) is 0.595. The lowest BCUT2D eigenvalue weighted by atomic mass is 10.1. The van der Waals surface area contributed by atoms with E-state index in [2.05, 4.69) is 28.6 Å². The van der Waals surface area contributed by atoms with Gasteiger partial charge in [-0.25, -0.2) is 4.68 Å². The van der Waals surface area contributed by atoms with E-state index in [1.165, 1.54) is 35.3 Å². The summed E-state index contributed by atoms with van der Waals surface area (Å²) < 4.78 is 1.88. The lowest BCUT2D eigenvalue weighted by Crippen LogP contribution is -2.13. The maximum atomic E-state index is 12.5. The Kier molecular flexibility index (Phi) is 5.53. The van der Waals surface area contributed by atoms with E-state index in [4.69, 9.17) is 0 Å². The Bertz CT molecular complexity index is 995. The van der Waals surface area contributed by atoms with E-state index >= 15 is 0 Å². The SMILES string of the molecule is Cc1nn(-c2ccccc2)c(C)c1NC(=O)CCSc1ccc2c(c1)CCC2. The number of amides is 1. The highest BCUT2D eigenvalue weighted by Crippen LogP contribution is 2.28. The van der Waals surface area contributed by atoms with Gasteiger partial charge in [0.05, 0.1) is 22.8 Å². The van der Waals surface area contributed by atoms with Crippen LogP contribution in [-0.2, 0) is 17.6 Å². The molecule has 4 nitrogen and oxygen atoms in total. The van der Waals surface area contributed by atoms with Crippen LogP contribution in [0, 0.1) is 13.8 Å². The third kappa shape index (κ3) is 3.99. The molecule has 1 heterocycles. The largest absolute Gasteiger partial charge is 0.323 e. The van der Waals surface area contributed by atoms with Crippen LogP contribution in [0.5, 0.6) is 0 Å². The van der Waals surface area contributed by atoms with Crippen molar-refractivity contribution < 1.29 is 4.79 Å². The minimum Gasteiger partial charge on any atom is -0.323 e. The first-order valence-corrected chi connectivity index (χ1v) is 10.8. The van der Waals surface area contributed by atoms with Crippen LogP contribution >= 0.6 is 11.8 Å². The maximum absolute atomic E-state index is 12.5. The average Bonchev–Trinajstić information content (AvgIpc) is 3.28. The molecule has 1 aliphatic rings. The van der Waals surface area contributed by atoms with Gasteiger partial charge in [-0.05, 0) is 68.5 Å². The summed E-state index contributed by atoms with van der Waals surface area (Å²) in [5, 5.41) is 7.65. The van der Waals surface area contributed by atoms with Crippen LogP contribution in [0.2, 0.25) is 0 Å². The Hall–Kier alpha value is -2.53. The standard InChI is InChI=1S/C23H25N3OS/c1-16-23(17(2)26(25-16)20-9-4-3-5-10-20)24-22(27)13-14-28-21-12-11-18-7-6-8-19(18)15-21/h3-5,9-12,15H,6-8,13-14H2,1-2H3,(H,24,27). The van der Waals surface area contributed by atoms with Crippen molar-refractivity contribution in [3.05, 3.63) is 71.0 Å². The zero-order valence-electron chi connectivity index (χ0n) is 16.4. The van der Waals surface area contributed by atoms with Crippen molar-refractivity contribution in [1.29, 1.82) is 0 Å². The topological polar surface area (TPSA) is 46.9 Å². The molecule has 0 aliphatic heterocycles. The summed E-state index contributed by atoms with van der Waals surface area (Å²) in [5.74, 6) is 0.808. The van der Waals surface area contributed by atoms with Gasteiger partial charge in [-0.15, -0.1) is 11.8 Å². The molecule has 0 bridgehead atoms. The van der Waals surface area contributed by atoms with Gasteiger partial charge in [-0.2, -0.15) is 5.10 Å². The third-order valence-electron chi connectivity index (χ3n) is 5.22. The highest BCUT2D eigenvalue weighted by Gasteiger charge is 2.15. The Labute approximate surface area is 170 Å². The molecule has 1 N–H and O–H groups in total. The van der Waals surface area contributed by atoms with Gasteiger partial charge in [0.2, 0.25) is 5.91 Å². The lowest BCUT2D eigenvalue weighted by molar-refractivity contribution is -0.115. The molecule has 3 aromatic rings. The molecule has 0 atom stereocenters. The zero-order valence-corrected chi connectivity index (χ0v) is 17.2. The molecule has 4 rings (SSSR count). The molecule has 5 heteroatoms. The van der Waals surface area contributed by atoms with Crippen LogP contribution in [0.15, 0.2) is 53.4 Å². The number of anilines is 1. The third-order valence-corrected chi connectivity index (χ3v) is 6.22. The molecule has 0 fully saturated rings. The summed E-state index contributed by atoms with van der Waals surface area (Å²) in [6, 6.07) is 16.7. The second-order valence-corrected chi connectivity index (χ2v) is 8.39. The van der Waals surface area contributed by atoms with Crippen LogP contribution in [0.3, 0.4) is 0 Å². The molecular formula is C23H25N3OS. The predicted molar refractivity (Wildman–Crippen MR) is 115 cm³/mol. The number of aromatic nitrogens is 2. The van der Waals surface area contributed by atoms with Crippen molar-refractivity contribution in [2.24, 2.45) is 0 Å². The monoisotopic (exact) mass is 391 g/mol. The number of carbonyl (C=O) groups excluding carboxylic acids is 1. The van der Waals surface area contributed by atoms with Gasteiger partial charge in [0.25, 0.3) is 0 Å². The number of nitrogens with one attached hydrogen (secondary N) is 1. The number of nitrogens with zero attached hydrogens (tertiary/aromatic N) is 2. The van der Waals surface area contributed by atoms with Crippen molar-refractivity contribution in [2.75, 3.05) is 11.1 Å². The molecule has 1 aromatic heterocycles. The summed E-state index contributed by atoms with van der Waals surface area (Å²) in [7, 11) is 0. The minimum absolute atomic E-state index is 0.0347. The van der Waals surface area contributed by atoms with E-state index in [-0.39, 0.29) is 5.91 Å². The summed E-state index contributed by atoms with van der Waals surface area (Å²) in [4.78, 5) is 13.7. The van der Waals surface area contributed by atoms with Crippen LogP contribution in [0.1, 0.15) is 35.4 Å². The van der Waals surface area contributed by atoms with Gasteiger partial charge in [0.15, 0.2) is 0 Å². The highest BCUT2D eigenvalue weighted by atomic mass is 32.2. The fraction of sp³-hybridized carbons (Fsp3) is 0.304. The first kappa shape index (κ1) is 18.8. The average molecular weight is 392 g/mol. The molecule has 28 heavy (non-hydrogen) atoms. The van der Waals surface area contributed by atoms with E-state index in [9.17, 15) is 4.79 Å². The molecule has 0 saturated carbocycles. The normalized spacial score (nSPS) is 12.8. The van der Waals surface area contributed by atoms with E-state index in [1.54, 1.807) is 11.8 Å². The predicted octanol–water partition coefficient (Wildman–Crippen LogP) is 5.10. The van der Waals surface area contributed by atoms with E-state index in [0.717, 1.165) is 28.5 Å². The van der Waals surface area contributed by atoms with Crippen LogP contribution < -0.4 is 5.32 Å². The number of para-hydroxylation sites is 1. The Morgan fingerprint density at radius 3 is 2.71 bits per heavy atom. The number of carbonyl (C=O) groups is 1. The summed E-state index contributed by atoms with van der Waals surface area (Å²) >= 11 is 1.75. The molecule has 1 aliphatic carbocycles. The fourth-order valence-corrected chi connectivity index (χ4v) is 4.66. The van der Waals surface area contributed by atoms with Gasteiger partial charge in [0, 0.05) is 17.1 Å². The molecule has 144 valence electrons. The molecule has 0 spiro atoms. The van der Waals surface area contributed by atoms with Gasteiger partial charge < -0.3 is 5.32 Å². The van der Waals surface area contributed by atoms with Gasteiger partial charge in [-0.3, -0.25) is 4.79 Å². The van der Waals surface area contributed by atoms with E-state index in [1.807, 2.05) is 48.9 Å². The van der Waals surface area contributed by atoms with Crippen molar-refractivity contribution in [1.82, 2.24) is 9.78 Å². The second-order valence-electron chi connectivity index (χ2n) is 7.22. The van der Waals surface area contributed by atoms with E-state index < -0.39 is 0 Å². The van der Waals surface area contributed by atoms with Crippen LogP contribution in [0.25, 0.3) is 5.69 Å². The van der Waals surface area contributed by atoms with Crippen molar-refractivity contribution in [3.63, 3.8) is 0 Å². The van der Waals surface area contributed by atoms with Gasteiger partial charge in [0.1, 0.15) is 0 Å². The summed E-state index contributed by atoms with van der Waals surface area (Å²) in [5.41, 5.74) is 6.56. The second kappa shape index (κ2) is 8.23. The number of fused-ring (bicyclic) bond motifs is 1. The minimum atomic E-state index is 0.0347. The molecule has 0 saturated heterocycles. The lowest BCUT2D eigenvalue weighted by Gasteiger charge is -2.08. The van der Waals surface area contributed by atoms with Crippen LogP contribution in [0.4, 0.5) is 5.69 Å². The Balaban J connectivity index is 1.36. The number of aryl methyl sites for hydroxylation is 3. The summed E-state index contributed by atoms with van der Waals surface area (Å²) in [6.07, 6.45) is 4.14. The summed E-state index contributed by atoms with van der Waals surface area (Å²) in [6.45, 7) is 3.92. The number of benzene rings is 2. The van der Waals surface area contributed by atoms with Crippen molar-refractivity contribution in [3.8, 4) is 5.69 Å². The smallest absolute Gasteiger partial charge is 0.225 e. The molecule has 1 amide bonds. The Morgan fingerprint density at radius 2 is 1.89 bits per heavy atom. The van der Waals surface area contributed by atoms with Crippen molar-refractivity contribution >= 4 is 23.4 Å². The number of hydrogen-bond donors (Lipinski definition) is 1. The van der Waals surface area contributed by atoms with E-state index in [0.29, 0.717) is 6.42 Å². The zero-order chi connectivity index (χ0) is 19.5.